The number of carboxylic acids is 1. The van der Waals surface area contributed by atoms with Gasteiger partial charge in [-0.1, -0.05) is 12.1 Å². The third-order valence-electron chi connectivity index (χ3n) is 3.47. The molecule has 0 radical (unpaired) electrons. The molecule has 2 rings (SSSR count). The summed E-state index contributed by atoms with van der Waals surface area (Å²) in [6.07, 6.45) is 1.88. The zero-order chi connectivity index (χ0) is 15.6. The number of benzene rings is 1. The number of carbonyl (C=O) groups is 1. The molecule has 1 saturated carbocycles. The van der Waals surface area contributed by atoms with E-state index in [-0.39, 0.29) is 24.1 Å². The molecule has 1 aliphatic rings. The van der Waals surface area contributed by atoms with Gasteiger partial charge < -0.3 is 9.84 Å². The molecule has 1 fully saturated rings. The molecular weight excluding hydrogens is 276 g/mol. The van der Waals surface area contributed by atoms with Crippen molar-refractivity contribution in [3.05, 3.63) is 33.9 Å². The number of hydrogen-bond donors (Lipinski definition) is 2. The number of nitrogens with one attached hydrogen (secondary N) is 1. The summed E-state index contributed by atoms with van der Waals surface area (Å²) >= 11 is 0. The number of aryl methyl sites for hydroxylation is 1. The molecule has 7 nitrogen and oxygen atoms in total. The summed E-state index contributed by atoms with van der Waals surface area (Å²) < 4.78 is 5.45. The average molecular weight is 294 g/mol. The molecular formula is C14H18N2O5. The van der Waals surface area contributed by atoms with Crippen molar-refractivity contribution in [2.45, 2.75) is 38.3 Å². The molecule has 1 atom stereocenters. The Morgan fingerprint density at radius 3 is 2.76 bits per heavy atom. The van der Waals surface area contributed by atoms with Crippen LogP contribution in [0.4, 0.5) is 5.69 Å². The molecule has 0 saturated heterocycles. The highest BCUT2D eigenvalue weighted by molar-refractivity contribution is 5.78. The molecule has 7 heteroatoms. The fraction of sp³-hybridized carbons (Fsp3) is 0.500. The topological polar surface area (TPSA) is 102 Å². The Morgan fingerprint density at radius 1 is 1.57 bits per heavy atom. The lowest BCUT2D eigenvalue weighted by molar-refractivity contribution is -0.386. The summed E-state index contributed by atoms with van der Waals surface area (Å²) in [7, 11) is 0. The number of nitro benzene ring substituents is 1. The first-order valence-corrected chi connectivity index (χ1v) is 6.71. The minimum absolute atomic E-state index is 0.0880. The van der Waals surface area contributed by atoms with Crippen LogP contribution in [0, 0.1) is 17.0 Å². The Balaban J connectivity index is 2.16. The summed E-state index contributed by atoms with van der Waals surface area (Å²) in [5, 5.41) is 23.4. The summed E-state index contributed by atoms with van der Waals surface area (Å²) in [5.74, 6) is -0.949. The van der Waals surface area contributed by atoms with Gasteiger partial charge in [0.05, 0.1) is 4.92 Å². The fourth-order valence-electron chi connectivity index (χ4n) is 2.05. The number of nitro groups is 1. The molecule has 1 unspecified atom stereocenters. The van der Waals surface area contributed by atoms with Crippen molar-refractivity contribution in [1.29, 1.82) is 0 Å². The fourth-order valence-corrected chi connectivity index (χ4v) is 2.05. The second-order valence-corrected chi connectivity index (χ2v) is 5.52. The van der Waals surface area contributed by atoms with Crippen LogP contribution in [0.1, 0.15) is 25.3 Å². The van der Waals surface area contributed by atoms with Gasteiger partial charge in [-0.05, 0) is 32.8 Å². The van der Waals surface area contributed by atoms with Crippen LogP contribution >= 0.6 is 0 Å². The Bertz CT molecular complexity index is 570. The van der Waals surface area contributed by atoms with Crippen LogP contribution in [0.3, 0.4) is 0 Å². The molecule has 0 bridgehead atoms. The SMILES string of the molecule is Cc1cccc(OCC(C)(NC2CC2)C(=O)O)c1[N+](=O)[O-]. The number of hydrogen-bond acceptors (Lipinski definition) is 5. The number of carboxylic acid groups (broad SMARTS) is 1. The third-order valence-corrected chi connectivity index (χ3v) is 3.47. The second kappa shape index (κ2) is 5.69. The van der Waals surface area contributed by atoms with Crippen LogP contribution in [-0.2, 0) is 4.79 Å². The highest BCUT2D eigenvalue weighted by atomic mass is 16.6. The van der Waals surface area contributed by atoms with E-state index in [1.807, 2.05) is 0 Å². The minimum atomic E-state index is -1.27. The van der Waals surface area contributed by atoms with Crippen molar-refractivity contribution >= 4 is 11.7 Å². The normalized spacial score (nSPS) is 17.0. The number of rotatable bonds is 7. The lowest BCUT2D eigenvalue weighted by Gasteiger charge is -2.26. The molecule has 0 spiro atoms. The van der Waals surface area contributed by atoms with Gasteiger partial charge in [0.1, 0.15) is 12.1 Å². The maximum absolute atomic E-state index is 11.4. The van der Waals surface area contributed by atoms with Gasteiger partial charge in [0.2, 0.25) is 0 Å². The molecule has 2 N–H and O–H groups in total. The molecule has 1 aliphatic carbocycles. The van der Waals surface area contributed by atoms with Gasteiger partial charge in [0, 0.05) is 11.6 Å². The standard InChI is InChI=1S/C14H18N2O5/c1-9-4-3-5-11(12(9)16(19)20)21-8-14(2,13(17)18)15-10-6-7-10/h3-5,10,15H,6-8H2,1-2H3,(H,17,18). The summed E-state index contributed by atoms with van der Waals surface area (Å²) in [5.41, 5.74) is -0.917. The van der Waals surface area contributed by atoms with Crippen molar-refractivity contribution in [2.24, 2.45) is 0 Å². The largest absolute Gasteiger partial charge is 0.484 e. The van der Waals surface area contributed by atoms with Crippen molar-refractivity contribution < 1.29 is 19.6 Å². The predicted octanol–water partition coefficient (Wildman–Crippen LogP) is 1.88. The molecule has 0 heterocycles. The van der Waals surface area contributed by atoms with E-state index in [4.69, 9.17) is 4.74 Å². The molecule has 114 valence electrons. The van der Waals surface area contributed by atoms with E-state index in [1.54, 1.807) is 19.1 Å². The van der Waals surface area contributed by atoms with Gasteiger partial charge >= 0.3 is 11.7 Å². The van der Waals surface area contributed by atoms with Crippen molar-refractivity contribution in [2.75, 3.05) is 6.61 Å². The average Bonchev–Trinajstić information content (AvgIpc) is 3.19. The highest BCUT2D eigenvalue weighted by Crippen LogP contribution is 2.31. The number of para-hydroxylation sites is 1. The third kappa shape index (κ3) is 3.49. The number of ether oxygens (including phenoxy) is 1. The Kier molecular flexibility index (Phi) is 4.13. The first kappa shape index (κ1) is 15.2. The van der Waals surface area contributed by atoms with E-state index in [9.17, 15) is 20.0 Å². The first-order chi connectivity index (χ1) is 9.83. The van der Waals surface area contributed by atoms with Gasteiger partial charge in [0.25, 0.3) is 0 Å². The van der Waals surface area contributed by atoms with E-state index < -0.39 is 16.4 Å². The highest BCUT2D eigenvalue weighted by Gasteiger charge is 2.39. The zero-order valence-electron chi connectivity index (χ0n) is 12.0. The van der Waals surface area contributed by atoms with Crippen molar-refractivity contribution in [3.63, 3.8) is 0 Å². The van der Waals surface area contributed by atoms with E-state index in [0.29, 0.717) is 5.56 Å². The Morgan fingerprint density at radius 2 is 2.24 bits per heavy atom. The van der Waals surface area contributed by atoms with E-state index in [0.717, 1.165) is 12.8 Å². The maximum Gasteiger partial charge on any atom is 0.327 e. The number of aliphatic carboxylic acids is 1. The second-order valence-electron chi connectivity index (χ2n) is 5.52. The lowest BCUT2D eigenvalue weighted by Crippen LogP contribution is -2.54. The van der Waals surface area contributed by atoms with Crippen molar-refractivity contribution in [3.8, 4) is 5.75 Å². The molecule has 0 aromatic heterocycles. The molecule has 21 heavy (non-hydrogen) atoms. The maximum atomic E-state index is 11.4. The van der Waals surface area contributed by atoms with Gasteiger partial charge in [-0.25, -0.2) is 0 Å². The van der Waals surface area contributed by atoms with Crippen LogP contribution in [-0.4, -0.2) is 34.2 Å². The smallest absolute Gasteiger partial charge is 0.327 e. The van der Waals surface area contributed by atoms with Crippen molar-refractivity contribution in [1.82, 2.24) is 5.32 Å². The molecule has 0 aliphatic heterocycles. The minimum Gasteiger partial charge on any atom is -0.484 e. The summed E-state index contributed by atoms with van der Waals surface area (Å²) in [6.45, 7) is 2.96. The summed E-state index contributed by atoms with van der Waals surface area (Å²) in [6, 6.07) is 4.92. The van der Waals surface area contributed by atoms with E-state index in [2.05, 4.69) is 5.32 Å². The Labute approximate surface area is 122 Å². The lowest BCUT2D eigenvalue weighted by atomic mass is 10.0. The molecule has 1 aromatic carbocycles. The van der Waals surface area contributed by atoms with Crippen LogP contribution in [0.25, 0.3) is 0 Å². The van der Waals surface area contributed by atoms with Gasteiger partial charge in [-0.15, -0.1) is 0 Å². The Hall–Kier alpha value is -2.15. The van der Waals surface area contributed by atoms with Crippen LogP contribution < -0.4 is 10.1 Å². The van der Waals surface area contributed by atoms with E-state index >= 15 is 0 Å². The van der Waals surface area contributed by atoms with Gasteiger partial charge in [0.15, 0.2) is 5.75 Å². The van der Waals surface area contributed by atoms with Crippen LogP contribution in [0.15, 0.2) is 18.2 Å². The molecule has 1 aromatic rings. The van der Waals surface area contributed by atoms with Crippen LogP contribution in [0.2, 0.25) is 0 Å². The molecule has 0 amide bonds. The quantitative estimate of drug-likeness (QED) is 0.588. The van der Waals surface area contributed by atoms with Gasteiger partial charge in [-0.3, -0.25) is 20.2 Å². The number of nitrogens with zero attached hydrogens (tertiary/aromatic N) is 1. The zero-order valence-corrected chi connectivity index (χ0v) is 12.0. The first-order valence-electron chi connectivity index (χ1n) is 6.71. The van der Waals surface area contributed by atoms with Crippen LogP contribution in [0.5, 0.6) is 5.75 Å². The van der Waals surface area contributed by atoms with E-state index in [1.165, 1.54) is 13.0 Å². The predicted molar refractivity (Wildman–Crippen MR) is 75.5 cm³/mol. The monoisotopic (exact) mass is 294 g/mol. The van der Waals surface area contributed by atoms with Gasteiger partial charge in [-0.2, -0.15) is 0 Å². The summed E-state index contributed by atoms with van der Waals surface area (Å²) in [4.78, 5) is 22.0.